The van der Waals surface area contributed by atoms with Crippen molar-refractivity contribution >= 4 is 41.6 Å². The number of benzene rings is 4. The summed E-state index contributed by atoms with van der Waals surface area (Å²) in [5.74, 6) is 1.28. The van der Waals surface area contributed by atoms with Gasteiger partial charge in [0.2, 0.25) is 6.29 Å². The van der Waals surface area contributed by atoms with E-state index in [-0.39, 0.29) is 18.4 Å². The molecule has 0 spiro atoms. The maximum atomic E-state index is 13.2. The lowest BCUT2D eigenvalue weighted by Gasteiger charge is -2.44. The summed E-state index contributed by atoms with van der Waals surface area (Å²) in [6, 6.07) is 30.8. The van der Waals surface area contributed by atoms with Crippen molar-refractivity contribution in [2.45, 2.75) is 25.2 Å². The molecular formula is C31H33Cl2N2O4P. The minimum Gasteiger partial charge on any atom is -0.464 e. The molecule has 1 heterocycles. The molecule has 9 heteroatoms. The fraction of sp³-hybridized carbons (Fsp3) is 0.290. The van der Waals surface area contributed by atoms with Crippen molar-refractivity contribution in [2.24, 2.45) is 5.50 Å². The molecule has 6 nitrogen and oxygen atoms in total. The molecule has 5 rings (SSSR count). The summed E-state index contributed by atoms with van der Waals surface area (Å²) in [7, 11) is -3.61. The zero-order valence-corrected chi connectivity index (χ0v) is 24.7. The molecule has 2 atom stereocenters. The summed E-state index contributed by atoms with van der Waals surface area (Å²) < 4.78 is 34.0. The number of nitrogens with two attached hydrogens (primary N) is 1. The summed E-state index contributed by atoms with van der Waals surface area (Å²) in [6.07, 6.45) is -0.423. The third kappa shape index (κ3) is 5.81. The van der Waals surface area contributed by atoms with Crippen molar-refractivity contribution in [3.63, 3.8) is 0 Å². The van der Waals surface area contributed by atoms with Gasteiger partial charge in [0.25, 0.3) is 0 Å². The Morgan fingerprint density at radius 2 is 1.52 bits per heavy atom. The highest BCUT2D eigenvalue weighted by molar-refractivity contribution is 7.53. The summed E-state index contributed by atoms with van der Waals surface area (Å²) in [6.45, 7) is 2.74. The zero-order valence-electron chi connectivity index (χ0n) is 22.3. The fourth-order valence-corrected chi connectivity index (χ4v) is 7.18. The number of rotatable bonds is 11. The molecule has 1 aliphatic heterocycles. The van der Waals surface area contributed by atoms with Crippen LogP contribution in [-0.2, 0) is 19.4 Å². The van der Waals surface area contributed by atoms with E-state index in [0.717, 1.165) is 38.8 Å². The molecule has 0 bridgehead atoms. The second-order valence-corrected chi connectivity index (χ2v) is 12.5. The molecular weight excluding hydrogens is 566 g/mol. The molecule has 0 fully saturated rings. The molecule has 2 N–H and O–H groups in total. The van der Waals surface area contributed by atoms with Crippen LogP contribution in [0.5, 0.6) is 5.75 Å². The van der Waals surface area contributed by atoms with Crippen LogP contribution in [0.4, 0.5) is 0 Å². The van der Waals surface area contributed by atoms with Gasteiger partial charge >= 0.3 is 7.67 Å². The van der Waals surface area contributed by atoms with Crippen molar-refractivity contribution in [3.8, 4) is 5.75 Å². The van der Waals surface area contributed by atoms with Gasteiger partial charge in [-0.15, -0.1) is 23.2 Å². The first kappa shape index (κ1) is 29.1. The molecule has 0 aromatic heterocycles. The van der Waals surface area contributed by atoms with E-state index in [1.54, 1.807) is 0 Å². The topological polar surface area (TPSA) is 74.0 Å². The van der Waals surface area contributed by atoms with Gasteiger partial charge in [0, 0.05) is 42.2 Å². The van der Waals surface area contributed by atoms with E-state index in [4.69, 9.17) is 42.7 Å². The summed E-state index contributed by atoms with van der Waals surface area (Å²) >= 11 is 11.8. The first-order valence-electron chi connectivity index (χ1n) is 13.3. The van der Waals surface area contributed by atoms with Crippen LogP contribution in [0.1, 0.15) is 28.7 Å². The number of fused-ring (bicyclic) bond motifs is 3. The number of hydrogen-bond acceptors (Lipinski definition) is 4. The van der Waals surface area contributed by atoms with Crippen LogP contribution in [-0.4, -0.2) is 42.4 Å². The van der Waals surface area contributed by atoms with Crippen molar-refractivity contribution in [1.82, 2.24) is 4.67 Å². The Balaban J connectivity index is 1.57. The average Bonchev–Trinajstić information content (AvgIpc) is 2.97. The number of nitrogens with zero attached hydrogens (tertiary/aromatic N) is 1. The van der Waals surface area contributed by atoms with Crippen molar-refractivity contribution in [2.75, 3.05) is 31.5 Å². The normalized spacial score (nSPS) is 17.8. The summed E-state index contributed by atoms with van der Waals surface area (Å²) in [5, 5.41) is 2.07. The van der Waals surface area contributed by atoms with Gasteiger partial charge in [0.15, 0.2) is 5.60 Å². The SMILES string of the molecule is Cc1ccc2ccc3c(c2c1)OC(CCOP(N)(=O)N(CCCl)CCCl)OC3(c1ccccc1)c1ccccc1. The van der Waals surface area contributed by atoms with Gasteiger partial charge in [0.1, 0.15) is 5.75 Å². The Bertz CT molecular complexity index is 1440. The van der Waals surface area contributed by atoms with E-state index in [0.29, 0.717) is 19.5 Å². The van der Waals surface area contributed by atoms with Crippen LogP contribution >= 0.6 is 30.9 Å². The molecule has 1 aliphatic rings. The lowest BCUT2D eigenvalue weighted by atomic mass is 9.78. The van der Waals surface area contributed by atoms with Crippen LogP contribution in [0.2, 0.25) is 0 Å². The molecule has 40 heavy (non-hydrogen) atoms. The maximum absolute atomic E-state index is 13.2. The maximum Gasteiger partial charge on any atom is 0.340 e. The Labute approximate surface area is 245 Å². The van der Waals surface area contributed by atoms with Crippen molar-refractivity contribution < 1.29 is 18.6 Å². The first-order valence-corrected chi connectivity index (χ1v) is 16.0. The Morgan fingerprint density at radius 1 is 0.925 bits per heavy atom. The van der Waals surface area contributed by atoms with Crippen molar-refractivity contribution in [3.05, 3.63) is 113 Å². The van der Waals surface area contributed by atoms with E-state index < -0.39 is 19.6 Å². The van der Waals surface area contributed by atoms with Crippen LogP contribution in [0.25, 0.3) is 10.8 Å². The fourth-order valence-electron chi connectivity index (χ4n) is 5.25. The largest absolute Gasteiger partial charge is 0.464 e. The standard InChI is InChI=1S/C31H33Cl2N2O4P/c1-23-12-13-24-14-15-28-30(27(24)22-23)38-29(16-21-37-40(34,36)35(19-17-32)20-18-33)39-31(28,25-8-4-2-5-9-25)26-10-6-3-7-11-26/h2-15,22,29H,16-21H2,1H3,(H2,34,36). The van der Waals surface area contributed by atoms with Crippen LogP contribution in [0.15, 0.2) is 91.0 Å². The Kier molecular flexibility index (Phi) is 9.18. The molecule has 0 aliphatic carbocycles. The molecule has 4 aromatic rings. The van der Waals surface area contributed by atoms with Gasteiger partial charge in [-0.1, -0.05) is 90.5 Å². The lowest BCUT2D eigenvalue weighted by molar-refractivity contribution is -0.167. The lowest BCUT2D eigenvalue weighted by Crippen LogP contribution is -2.43. The van der Waals surface area contributed by atoms with Gasteiger partial charge in [0.05, 0.1) is 6.61 Å². The van der Waals surface area contributed by atoms with Crippen LogP contribution < -0.4 is 10.2 Å². The number of aryl methyl sites for hydroxylation is 1. The molecule has 0 saturated carbocycles. The van der Waals surface area contributed by atoms with E-state index in [9.17, 15) is 4.57 Å². The predicted molar refractivity (Wildman–Crippen MR) is 162 cm³/mol. The molecule has 0 saturated heterocycles. The average molecular weight is 599 g/mol. The quantitative estimate of drug-likeness (QED) is 0.143. The third-order valence-corrected chi connectivity index (χ3v) is 9.21. The van der Waals surface area contributed by atoms with E-state index in [2.05, 4.69) is 61.5 Å². The number of halogens is 2. The van der Waals surface area contributed by atoms with E-state index in [1.807, 2.05) is 36.4 Å². The smallest absolute Gasteiger partial charge is 0.340 e. The Morgan fingerprint density at radius 3 is 2.12 bits per heavy atom. The highest BCUT2D eigenvalue weighted by Gasteiger charge is 2.46. The molecule has 4 aromatic carbocycles. The molecule has 210 valence electrons. The summed E-state index contributed by atoms with van der Waals surface area (Å²) in [4.78, 5) is 0. The second kappa shape index (κ2) is 12.6. The third-order valence-electron chi connectivity index (χ3n) is 7.13. The van der Waals surface area contributed by atoms with Gasteiger partial charge in [-0.3, -0.25) is 4.57 Å². The minimum absolute atomic E-state index is 0.0539. The molecule has 0 radical (unpaired) electrons. The number of alkyl halides is 2. The van der Waals surface area contributed by atoms with Gasteiger partial charge in [-0.05, 0) is 29.5 Å². The highest BCUT2D eigenvalue weighted by atomic mass is 35.5. The van der Waals surface area contributed by atoms with Gasteiger partial charge < -0.3 is 14.0 Å². The second-order valence-electron chi connectivity index (χ2n) is 9.76. The van der Waals surface area contributed by atoms with Crippen LogP contribution in [0.3, 0.4) is 0 Å². The highest BCUT2D eigenvalue weighted by Crippen LogP contribution is 2.51. The van der Waals surface area contributed by atoms with Gasteiger partial charge in [-0.2, -0.15) is 0 Å². The van der Waals surface area contributed by atoms with Gasteiger partial charge in [-0.25, -0.2) is 10.2 Å². The number of hydrogen-bond donors (Lipinski definition) is 1. The number of ether oxygens (including phenoxy) is 2. The predicted octanol–water partition coefficient (Wildman–Crippen LogP) is 7.43. The Hall–Kier alpha value is -2.41. The zero-order chi connectivity index (χ0) is 28.2. The van der Waals surface area contributed by atoms with E-state index in [1.165, 1.54) is 4.67 Å². The van der Waals surface area contributed by atoms with Crippen molar-refractivity contribution in [1.29, 1.82) is 0 Å². The first-order chi connectivity index (χ1) is 19.4. The summed E-state index contributed by atoms with van der Waals surface area (Å²) in [5.41, 5.74) is 9.16. The minimum atomic E-state index is -3.61. The molecule has 0 amide bonds. The molecule has 2 unspecified atom stereocenters. The van der Waals surface area contributed by atoms with E-state index >= 15 is 0 Å². The van der Waals surface area contributed by atoms with Crippen LogP contribution in [0, 0.1) is 6.92 Å². The monoisotopic (exact) mass is 598 g/mol.